The van der Waals surface area contributed by atoms with Crippen molar-refractivity contribution in [2.75, 3.05) is 23.8 Å². The van der Waals surface area contributed by atoms with Crippen LogP contribution in [0.3, 0.4) is 0 Å². The highest BCUT2D eigenvalue weighted by Gasteiger charge is 2.06. The lowest BCUT2D eigenvalue weighted by atomic mass is 10.2. The number of benzene rings is 2. The smallest absolute Gasteiger partial charge is 0.243 e. The van der Waals surface area contributed by atoms with Crippen LogP contribution in [0.5, 0.6) is 5.75 Å². The minimum absolute atomic E-state index is 0.101. The maximum atomic E-state index is 12.1. The largest absolute Gasteiger partial charge is 0.494 e. The number of amides is 1. The molecule has 0 aliphatic carbocycles. The molecule has 0 unspecified atom stereocenters. The van der Waals surface area contributed by atoms with Crippen molar-refractivity contribution < 1.29 is 9.53 Å². The van der Waals surface area contributed by atoms with Crippen molar-refractivity contribution in [2.45, 2.75) is 32.6 Å². The van der Waals surface area contributed by atoms with Crippen LogP contribution in [0, 0.1) is 0 Å². The number of anilines is 2. The van der Waals surface area contributed by atoms with Crippen LogP contribution in [-0.4, -0.2) is 19.1 Å². The molecule has 0 saturated heterocycles. The molecule has 2 aromatic carbocycles. The van der Waals surface area contributed by atoms with E-state index in [9.17, 15) is 4.79 Å². The first-order chi connectivity index (χ1) is 12.6. The Labute approximate surface area is 164 Å². The Morgan fingerprint density at radius 2 is 1.92 bits per heavy atom. The van der Waals surface area contributed by atoms with E-state index in [4.69, 9.17) is 27.9 Å². The van der Waals surface area contributed by atoms with Crippen molar-refractivity contribution >= 4 is 40.5 Å². The standard InChI is InChI=1S/C20H24Cl2N2O2/c1-2-3-4-5-11-26-17-8-6-7-16(13-17)24-20(25)14-23-19-10-9-15(21)12-18(19)22/h6-10,12-13,23H,2-5,11,14H2,1H3,(H,24,25). The maximum Gasteiger partial charge on any atom is 0.243 e. The van der Waals surface area contributed by atoms with E-state index in [-0.39, 0.29) is 12.5 Å². The van der Waals surface area contributed by atoms with Gasteiger partial charge in [0.25, 0.3) is 0 Å². The second-order valence-corrected chi connectivity index (χ2v) is 6.81. The van der Waals surface area contributed by atoms with Crippen molar-refractivity contribution in [2.24, 2.45) is 0 Å². The first kappa shape index (κ1) is 20.4. The Balaban J connectivity index is 1.80. The number of carbonyl (C=O) groups excluding carboxylic acids is 1. The number of hydrogen-bond acceptors (Lipinski definition) is 3. The van der Waals surface area contributed by atoms with Crippen molar-refractivity contribution in [1.82, 2.24) is 0 Å². The zero-order chi connectivity index (χ0) is 18.8. The quantitative estimate of drug-likeness (QED) is 0.485. The lowest BCUT2D eigenvalue weighted by Crippen LogP contribution is -2.21. The Morgan fingerprint density at radius 3 is 2.69 bits per heavy atom. The molecule has 0 aliphatic heterocycles. The summed E-state index contributed by atoms with van der Waals surface area (Å²) >= 11 is 11.9. The molecule has 0 heterocycles. The number of ether oxygens (including phenoxy) is 1. The van der Waals surface area contributed by atoms with E-state index in [1.54, 1.807) is 18.2 Å². The minimum atomic E-state index is -0.170. The summed E-state index contributed by atoms with van der Waals surface area (Å²) in [5.74, 6) is 0.587. The molecule has 2 N–H and O–H groups in total. The van der Waals surface area contributed by atoms with Gasteiger partial charge in [-0.3, -0.25) is 4.79 Å². The van der Waals surface area contributed by atoms with E-state index in [0.29, 0.717) is 28.0 Å². The summed E-state index contributed by atoms with van der Waals surface area (Å²) < 4.78 is 5.73. The molecule has 2 rings (SSSR count). The van der Waals surface area contributed by atoms with Crippen molar-refractivity contribution in [3.63, 3.8) is 0 Å². The molecule has 140 valence electrons. The summed E-state index contributed by atoms with van der Waals surface area (Å²) in [5.41, 5.74) is 1.36. The lowest BCUT2D eigenvalue weighted by Gasteiger charge is -2.11. The average Bonchev–Trinajstić information content (AvgIpc) is 2.61. The van der Waals surface area contributed by atoms with E-state index in [1.165, 1.54) is 19.3 Å². The van der Waals surface area contributed by atoms with Gasteiger partial charge in [-0.05, 0) is 36.8 Å². The lowest BCUT2D eigenvalue weighted by molar-refractivity contribution is -0.114. The number of carbonyl (C=O) groups is 1. The fraction of sp³-hybridized carbons (Fsp3) is 0.350. The van der Waals surface area contributed by atoms with Crippen molar-refractivity contribution in [1.29, 1.82) is 0 Å². The van der Waals surface area contributed by atoms with Crippen molar-refractivity contribution in [3.8, 4) is 5.75 Å². The molecule has 6 heteroatoms. The van der Waals surface area contributed by atoms with Crippen LogP contribution in [0.4, 0.5) is 11.4 Å². The van der Waals surface area contributed by atoms with Gasteiger partial charge >= 0.3 is 0 Å². The fourth-order valence-corrected chi connectivity index (χ4v) is 2.87. The van der Waals surface area contributed by atoms with Crippen LogP contribution in [-0.2, 0) is 4.79 Å². The highest BCUT2D eigenvalue weighted by molar-refractivity contribution is 6.36. The third-order valence-corrected chi connectivity index (χ3v) is 4.30. The number of halogens is 2. The summed E-state index contributed by atoms with van der Waals surface area (Å²) in [5, 5.41) is 6.87. The van der Waals surface area contributed by atoms with E-state index in [2.05, 4.69) is 17.6 Å². The topological polar surface area (TPSA) is 50.4 Å². The molecule has 0 spiro atoms. The number of hydrogen-bond donors (Lipinski definition) is 2. The van der Waals surface area contributed by atoms with E-state index in [0.717, 1.165) is 12.2 Å². The second kappa shape index (κ2) is 10.9. The summed E-state index contributed by atoms with van der Waals surface area (Å²) in [6, 6.07) is 12.5. The molecule has 0 atom stereocenters. The van der Waals surface area contributed by atoms with Crippen LogP contribution in [0.15, 0.2) is 42.5 Å². The molecule has 1 amide bonds. The Kier molecular flexibility index (Phi) is 8.59. The van der Waals surface area contributed by atoms with Gasteiger partial charge in [0, 0.05) is 16.8 Å². The van der Waals surface area contributed by atoms with Crippen LogP contribution in [0.2, 0.25) is 10.0 Å². The zero-order valence-corrected chi connectivity index (χ0v) is 16.4. The molecule has 4 nitrogen and oxygen atoms in total. The van der Waals surface area contributed by atoms with Gasteiger partial charge in [-0.15, -0.1) is 0 Å². The number of unbranched alkanes of at least 4 members (excludes halogenated alkanes) is 3. The molecule has 0 bridgehead atoms. The average molecular weight is 395 g/mol. The molecule has 0 aromatic heterocycles. The van der Waals surface area contributed by atoms with Gasteiger partial charge in [-0.1, -0.05) is 55.5 Å². The molecule has 0 aliphatic rings. The Hall–Kier alpha value is -1.91. The summed E-state index contributed by atoms with van der Waals surface area (Å²) in [4.78, 5) is 12.1. The van der Waals surface area contributed by atoms with Gasteiger partial charge in [0.1, 0.15) is 5.75 Å². The summed E-state index contributed by atoms with van der Waals surface area (Å²) in [6.45, 7) is 2.97. The van der Waals surface area contributed by atoms with Gasteiger partial charge in [0.2, 0.25) is 5.91 Å². The summed E-state index contributed by atoms with van der Waals surface area (Å²) in [7, 11) is 0. The monoisotopic (exact) mass is 394 g/mol. The maximum absolute atomic E-state index is 12.1. The first-order valence-corrected chi connectivity index (χ1v) is 9.55. The predicted molar refractivity (Wildman–Crippen MR) is 110 cm³/mol. The number of rotatable bonds is 10. The van der Waals surface area contributed by atoms with Crippen molar-refractivity contribution in [3.05, 3.63) is 52.5 Å². The highest BCUT2D eigenvalue weighted by Crippen LogP contribution is 2.25. The highest BCUT2D eigenvalue weighted by atomic mass is 35.5. The van der Waals surface area contributed by atoms with Crippen LogP contribution in [0.25, 0.3) is 0 Å². The zero-order valence-electron chi connectivity index (χ0n) is 14.9. The van der Waals surface area contributed by atoms with Crippen LogP contribution in [0.1, 0.15) is 32.6 Å². The fourth-order valence-electron chi connectivity index (χ4n) is 2.40. The van der Waals surface area contributed by atoms with Gasteiger partial charge < -0.3 is 15.4 Å². The summed E-state index contributed by atoms with van der Waals surface area (Å²) in [6.07, 6.45) is 4.64. The van der Waals surface area contributed by atoms with Gasteiger partial charge in [0.15, 0.2) is 0 Å². The molecule has 26 heavy (non-hydrogen) atoms. The molecule has 0 radical (unpaired) electrons. The van der Waals surface area contributed by atoms with E-state index in [1.807, 2.05) is 24.3 Å². The Morgan fingerprint density at radius 1 is 1.08 bits per heavy atom. The minimum Gasteiger partial charge on any atom is -0.494 e. The van der Waals surface area contributed by atoms with Gasteiger partial charge in [-0.25, -0.2) is 0 Å². The van der Waals surface area contributed by atoms with Gasteiger partial charge in [-0.2, -0.15) is 0 Å². The Bertz CT molecular complexity index is 723. The molecular weight excluding hydrogens is 371 g/mol. The van der Waals surface area contributed by atoms with Gasteiger partial charge in [0.05, 0.1) is 23.9 Å². The van der Waals surface area contributed by atoms with Crippen LogP contribution >= 0.6 is 23.2 Å². The molecule has 0 saturated carbocycles. The third-order valence-electron chi connectivity index (χ3n) is 3.75. The van der Waals surface area contributed by atoms with E-state index < -0.39 is 0 Å². The molecule has 2 aromatic rings. The second-order valence-electron chi connectivity index (χ2n) is 5.96. The SMILES string of the molecule is CCCCCCOc1cccc(NC(=O)CNc2ccc(Cl)cc2Cl)c1. The number of nitrogens with one attached hydrogen (secondary N) is 2. The van der Waals surface area contributed by atoms with E-state index >= 15 is 0 Å². The predicted octanol–water partition coefficient (Wildman–Crippen LogP) is 6.00. The normalized spacial score (nSPS) is 10.4. The van der Waals surface area contributed by atoms with Crippen LogP contribution < -0.4 is 15.4 Å². The first-order valence-electron chi connectivity index (χ1n) is 8.80. The molecule has 0 fully saturated rings. The third kappa shape index (κ3) is 7.14. The molecular formula is C20H24Cl2N2O2.